The van der Waals surface area contributed by atoms with Gasteiger partial charge in [0, 0.05) is 19.1 Å². The Kier molecular flexibility index (Phi) is 4.15. The maximum Gasteiger partial charge on any atom is 0.161 e. The zero-order valence-electron chi connectivity index (χ0n) is 10.8. The van der Waals surface area contributed by atoms with Gasteiger partial charge in [0.15, 0.2) is 5.78 Å². The van der Waals surface area contributed by atoms with Crippen LogP contribution in [0.25, 0.3) is 6.08 Å². The van der Waals surface area contributed by atoms with E-state index in [1.165, 1.54) is 0 Å². The van der Waals surface area contributed by atoms with Crippen molar-refractivity contribution in [3.05, 3.63) is 35.4 Å². The Morgan fingerprint density at radius 1 is 1.33 bits per heavy atom. The van der Waals surface area contributed by atoms with Gasteiger partial charge < -0.3 is 9.47 Å². The molecule has 1 aliphatic rings. The standard InChI is InChI=1S/C15H18O3/c1-17-12-6-3-5-11(9-12)10-13-14(16)7-4-8-15(13)18-2/h3,5-6,9-10,15H,4,7-8H2,1-2H3. The number of rotatable bonds is 3. The molecule has 1 atom stereocenters. The lowest BCUT2D eigenvalue weighted by Gasteiger charge is -2.23. The average molecular weight is 246 g/mol. The van der Waals surface area contributed by atoms with E-state index in [1.807, 2.05) is 30.3 Å². The first kappa shape index (κ1) is 12.8. The fourth-order valence-electron chi connectivity index (χ4n) is 2.26. The summed E-state index contributed by atoms with van der Waals surface area (Å²) in [5.74, 6) is 0.984. The lowest BCUT2D eigenvalue weighted by atomic mass is 9.89. The Balaban J connectivity index is 2.31. The highest BCUT2D eigenvalue weighted by Gasteiger charge is 2.25. The second-order valence-corrected chi connectivity index (χ2v) is 4.42. The molecule has 3 heteroatoms. The van der Waals surface area contributed by atoms with Crippen molar-refractivity contribution in [3.8, 4) is 5.75 Å². The minimum Gasteiger partial charge on any atom is -0.497 e. The second kappa shape index (κ2) is 5.83. The van der Waals surface area contributed by atoms with Gasteiger partial charge in [-0.3, -0.25) is 4.79 Å². The number of carbonyl (C=O) groups excluding carboxylic acids is 1. The smallest absolute Gasteiger partial charge is 0.161 e. The van der Waals surface area contributed by atoms with Crippen molar-refractivity contribution in [3.63, 3.8) is 0 Å². The molecule has 1 unspecified atom stereocenters. The van der Waals surface area contributed by atoms with Gasteiger partial charge in [-0.2, -0.15) is 0 Å². The van der Waals surface area contributed by atoms with Crippen molar-refractivity contribution in [1.82, 2.24) is 0 Å². The van der Waals surface area contributed by atoms with Crippen LogP contribution in [0, 0.1) is 0 Å². The van der Waals surface area contributed by atoms with Gasteiger partial charge in [0.1, 0.15) is 5.75 Å². The topological polar surface area (TPSA) is 35.5 Å². The van der Waals surface area contributed by atoms with Crippen LogP contribution in [0.2, 0.25) is 0 Å². The van der Waals surface area contributed by atoms with E-state index in [2.05, 4.69) is 0 Å². The summed E-state index contributed by atoms with van der Waals surface area (Å²) >= 11 is 0. The number of ketones is 1. The van der Waals surface area contributed by atoms with E-state index in [0.717, 1.165) is 29.7 Å². The van der Waals surface area contributed by atoms with Crippen LogP contribution in [0.4, 0.5) is 0 Å². The van der Waals surface area contributed by atoms with Crippen molar-refractivity contribution in [2.24, 2.45) is 0 Å². The highest BCUT2D eigenvalue weighted by Crippen LogP contribution is 2.26. The molecule has 18 heavy (non-hydrogen) atoms. The molecule has 1 aromatic rings. The van der Waals surface area contributed by atoms with Crippen LogP contribution in [0.5, 0.6) is 5.75 Å². The Labute approximate surface area is 107 Å². The highest BCUT2D eigenvalue weighted by molar-refractivity contribution is 6.01. The van der Waals surface area contributed by atoms with Crippen molar-refractivity contribution in [2.75, 3.05) is 14.2 Å². The quantitative estimate of drug-likeness (QED) is 0.769. The largest absolute Gasteiger partial charge is 0.497 e. The summed E-state index contributed by atoms with van der Waals surface area (Å²) in [6.07, 6.45) is 4.29. The molecule has 0 aromatic heterocycles. The minimum absolute atomic E-state index is 0.0718. The predicted octanol–water partition coefficient (Wildman–Crippen LogP) is 2.85. The predicted molar refractivity (Wildman–Crippen MR) is 70.6 cm³/mol. The molecule has 0 aliphatic heterocycles. The van der Waals surface area contributed by atoms with Crippen LogP contribution in [-0.4, -0.2) is 26.1 Å². The van der Waals surface area contributed by atoms with Gasteiger partial charge in [0.05, 0.1) is 13.2 Å². The number of benzene rings is 1. The molecular formula is C15H18O3. The maximum atomic E-state index is 11.9. The average Bonchev–Trinajstić information content (AvgIpc) is 2.41. The van der Waals surface area contributed by atoms with Crippen LogP contribution < -0.4 is 4.74 Å². The van der Waals surface area contributed by atoms with Crippen molar-refractivity contribution in [1.29, 1.82) is 0 Å². The third-order valence-corrected chi connectivity index (χ3v) is 3.24. The minimum atomic E-state index is -0.0718. The van der Waals surface area contributed by atoms with Crippen LogP contribution in [0.1, 0.15) is 24.8 Å². The van der Waals surface area contributed by atoms with E-state index < -0.39 is 0 Å². The first-order valence-corrected chi connectivity index (χ1v) is 6.16. The maximum absolute atomic E-state index is 11.9. The van der Waals surface area contributed by atoms with Gasteiger partial charge in [0.25, 0.3) is 0 Å². The van der Waals surface area contributed by atoms with Gasteiger partial charge in [-0.15, -0.1) is 0 Å². The molecule has 0 heterocycles. The molecule has 0 radical (unpaired) electrons. The van der Waals surface area contributed by atoms with Gasteiger partial charge in [0.2, 0.25) is 0 Å². The first-order valence-electron chi connectivity index (χ1n) is 6.16. The molecule has 1 saturated carbocycles. The third kappa shape index (κ3) is 2.79. The SMILES string of the molecule is COc1cccc(C=C2C(=O)CCCC2OC)c1. The van der Waals surface area contributed by atoms with Gasteiger partial charge in [-0.1, -0.05) is 12.1 Å². The van der Waals surface area contributed by atoms with Crippen LogP contribution in [-0.2, 0) is 9.53 Å². The molecule has 0 spiro atoms. The third-order valence-electron chi connectivity index (χ3n) is 3.24. The Bertz CT molecular complexity index is 463. The van der Waals surface area contributed by atoms with E-state index in [1.54, 1.807) is 14.2 Å². The molecule has 0 N–H and O–H groups in total. The fraction of sp³-hybridized carbons (Fsp3) is 0.400. The molecule has 1 aromatic carbocycles. The monoisotopic (exact) mass is 246 g/mol. The van der Waals surface area contributed by atoms with Crippen LogP contribution in [0.3, 0.4) is 0 Å². The van der Waals surface area contributed by atoms with Crippen LogP contribution >= 0.6 is 0 Å². The van der Waals surface area contributed by atoms with E-state index in [9.17, 15) is 4.79 Å². The lowest BCUT2D eigenvalue weighted by molar-refractivity contribution is -0.118. The van der Waals surface area contributed by atoms with Crippen LogP contribution in [0.15, 0.2) is 29.8 Å². The van der Waals surface area contributed by atoms with E-state index in [0.29, 0.717) is 6.42 Å². The summed E-state index contributed by atoms with van der Waals surface area (Å²) in [5.41, 5.74) is 1.75. The summed E-state index contributed by atoms with van der Waals surface area (Å²) < 4.78 is 10.6. The van der Waals surface area contributed by atoms with E-state index >= 15 is 0 Å². The lowest BCUT2D eigenvalue weighted by Crippen LogP contribution is -2.25. The summed E-state index contributed by atoms with van der Waals surface area (Å²) in [6.45, 7) is 0. The van der Waals surface area contributed by atoms with Crippen molar-refractivity contribution >= 4 is 11.9 Å². The molecule has 0 saturated heterocycles. The molecule has 1 fully saturated rings. The normalized spacial score (nSPS) is 22.2. The van der Waals surface area contributed by atoms with Gasteiger partial charge in [-0.25, -0.2) is 0 Å². The Morgan fingerprint density at radius 3 is 2.89 bits per heavy atom. The summed E-state index contributed by atoms with van der Waals surface area (Å²) in [5, 5.41) is 0. The number of carbonyl (C=O) groups is 1. The van der Waals surface area contributed by atoms with E-state index in [4.69, 9.17) is 9.47 Å². The molecule has 96 valence electrons. The molecule has 1 aliphatic carbocycles. The van der Waals surface area contributed by atoms with Gasteiger partial charge in [-0.05, 0) is 36.6 Å². The van der Waals surface area contributed by atoms with Gasteiger partial charge >= 0.3 is 0 Å². The van der Waals surface area contributed by atoms with Crippen molar-refractivity contribution in [2.45, 2.75) is 25.4 Å². The number of ether oxygens (including phenoxy) is 2. The summed E-state index contributed by atoms with van der Waals surface area (Å²) in [7, 11) is 3.29. The zero-order chi connectivity index (χ0) is 13.0. The first-order chi connectivity index (χ1) is 8.74. The molecule has 0 bridgehead atoms. The molecule has 0 amide bonds. The molecule has 3 nitrogen and oxygen atoms in total. The Morgan fingerprint density at radius 2 is 2.17 bits per heavy atom. The number of Topliss-reactive ketones (excluding diaryl/α,β-unsaturated/α-hetero) is 1. The summed E-state index contributed by atoms with van der Waals surface area (Å²) in [6, 6.07) is 7.69. The van der Waals surface area contributed by atoms with E-state index in [-0.39, 0.29) is 11.9 Å². The number of hydrogen-bond acceptors (Lipinski definition) is 3. The highest BCUT2D eigenvalue weighted by atomic mass is 16.5. The molecular weight excluding hydrogens is 228 g/mol. The van der Waals surface area contributed by atoms with Crippen molar-refractivity contribution < 1.29 is 14.3 Å². The zero-order valence-corrected chi connectivity index (χ0v) is 10.8. The Hall–Kier alpha value is -1.61. The number of hydrogen-bond donors (Lipinski definition) is 0. The second-order valence-electron chi connectivity index (χ2n) is 4.42. The fourth-order valence-corrected chi connectivity index (χ4v) is 2.26. The number of methoxy groups -OCH3 is 2. The summed E-state index contributed by atoms with van der Waals surface area (Å²) in [4.78, 5) is 11.9. The molecule has 2 rings (SSSR count).